The summed E-state index contributed by atoms with van der Waals surface area (Å²) in [4.78, 5) is 8.59. The summed E-state index contributed by atoms with van der Waals surface area (Å²) in [7, 11) is 1.81. The fraction of sp³-hybridized carbons (Fsp3) is 0.231. The first-order chi connectivity index (χ1) is 9.08. The smallest absolute Gasteiger partial charge is 0.168 e. The van der Waals surface area contributed by atoms with Crippen molar-refractivity contribution in [2.45, 2.75) is 13.5 Å². The van der Waals surface area contributed by atoms with Crippen LogP contribution in [0.15, 0.2) is 24.3 Å². The molecule has 4 nitrogen and oxygen atoms in total. The van der Waals surface area contributed by atoms with Crippen molar-refractivity contribution in [1.82, 2.24) is 9.97 Å². The highest BCUT2D eigenvalue weighted by Gasteiger charge is 2.06. The van der Waals surface area contributed by atoms with Gasteiger partial charge in [0.15, 0.2) is 5.82 Å². The molecule has 6 heteroatoms. The second kappa shape index (κ2) is 6.08. The van der Waals surface area contributed by atoms with Crippen LogP contribution in [0.5, 0.6) is 5.75 Å². The molecule has 0 fully saturated rings. The van der Waals surface area contributed by atoms with Crippen LogP contribution in [-0.4, -0.2) is 17.0 Å². The Bertz CT molecular complexity index is 590. The summed E-state index contributed by atoms with van der Waals surface area (Å²) in [5.74, 6) is 1.86. The van der Waals surface area contributed by atoms with E-state index in [9.17, 15) is 0 Å². The van der Waals surface area contributed by atoms with Gasteiger partial charge in [-0.05, 0) is 19.1 Å². The Morgan fingerprint density at radius 2 is 2.00 bits per heavy atom. The number of hydrogen-bond acceptors (Lipinski definition) is 4. The Morgan fingerprint density at radius 1 is 1.21 bits per heavy atom. The molecule has 0 spiro atoms. The van der Waals surface area contributed by atoms with E-state index in [2.05, 4.69) is 15.3 Å². The Balaban J connectivity index is 2.14. The Hall–Kier alpha value is -1.52. The van der Waals surface area contributed by atoms with E-state index < -0.39 is 0 Å². The summed E-state index contributed by atoms with van der Waals surface area (Å²) in [6.07, 6.45) is 0. The lowest BCUT2D eigenvalue weighted by Gasteiger charge is -2.09. The summed E-state index contributed by atoms with van der Waals surface area (Å²) in [5.41, 5.74) is 0.871. The predicted octanol–water partition coefficient (Wildman–Crippen LogP) is 3.71. The van der Waals surface area contributed by atoms with Crippen molar-refractivity contribution in [3.8, 4) is 5.75 Å². The molecule has 0 saturated carbocycles. The second-order valence-corrected chi connectivity index (χ2v) is 4.77. The average Bonchev–Trinajstić information content (AvgIpc) is 2.39. The van der Waals surface area contributed by atoms with Crippen LogP contribution in [0.1, 0.15) is 11.5 Å². The molecule has 0 aliphatic carbocycles. The number of nitrogens with one attached hydrogen (secondary N) is 1. The molecule has 0 unspecified atom stereocenters. The van der Waals surface area contributed by atoms with E-state index in [-0.39, 0.29) is 6.61 Å². The lowest BCUT2D eigenvalue weighted by molar-refractivity contribution is 0.296. The van der Waals surface area contributed by atoms with Gasteiger partial charge in [0.2, 0.25) is 0 Å². The van der Waals surface area contributed by atoms with E-state index in [1.807, 2.05) is 13.0 Å². The zero-order valence-electron chi connectivity index (χ0n) is 10.6. The summed E-state index contributed by atoms with van der Waals surface area (Å²) in [6, 6.07) is 6.92. The van der Waals surface area contributed by atoms with Gasteiger partial charge < -0.3 is 10.1 Å². The first kappa shape index (κ1) is 13.9. The SMILES string of the molecule is CNc1cc(C)nc(COc2cc(Cl)ccc2Cl)n1. The normalized spacial score (nSPS) is 10.3. The minimum atomic E-state index is 0.233. The van der Waals surface area contributed by atoms with Gasteiger partial charge in [-0.25, -0.2) is 9.97 Å². The average molecular weight is 298 g/mol. The van der Waals surface area contributed by atoms with Gasteiger partial charge >= 0.3 is 0 Å². The highest BCUT2D eigenvalue weighted by molar-refractivity contribution is 6.34. The number of aryl methyl sites for hydroxylation is 1. The number of halogens is 2. The first-order valence-corrected chi connectivity index (χ1v) is 6.44. The van der Waals surface area contributed by atoms with Crippen LogP contribution < -0.4 is 10.1 Å². The molecule has 19 heavy (non-hydrogen) atoms. The largest absolute Gasteiger partial charge is 0.484 e. The van der Waals surface area contributed by atoms with E-state index in [1.54, 1.807) is 25.2 Å². The third-order valence-corrected chi connectivity index (χ3v) is 2.95. The minimum absolute atomic E-state index is 0.233. The second-order valence-electron chi connectivity index (χ2n) is 3.92. The van der Waals surface area contributed by atoms with E-state index >= 15 is 0 Å². The van der Waals surface area contributed by atoms with Crippen LogP contribution in [0.3, 0.4) is 0 Å². The van der Waals surface area contributed by atoms with Gasteiger partial charge in [-0.2, -0.15) is 0 Å². The molecule has 0 aliphatic rings. The van der Waals surface area contributed by atoms with Crippen LogP contribution in [-0.2, 0) is 6.61 Å². The third-order valence-electron chi connectivity index (χ3n) is 2.41. The monoisotopic (exact) mass is 297 g/mol. The maximum atomic E-state index is 6.02. The molecule has 0 atom stereocenters. The lowest BCUT2D eigenvalue weighted by atomic mass is 10.3. The standard InChI is InChI=1S/C13H13Cl2N3O/c1-8-5-12(16-2)18-13(17-8)7-19-11-6-9(14)3-4-10(11)15/h3-6H,7H2,1-2H3,(H,16,17,18). The number of benzene rings is 1. The molecule has 1 N–H and O–H groups in total. The van der Waals surface area contributed by atoms with Crippen LogP contribution >= 0.6 is 23.2 Å². The molecule has 0 bridgehead atoms. The molecule has 0 amide bonds. The van der Waals surface area contributed by atoms with Crippen molar-refractivity contribution in [2.75, 3.05) is 12.4 Å². The first-order valence-electron chi connectivity index (χ1n) is 5.68. The molecular formula is C13H13Cl2N3O. The number of nitrogens with zero attached hydrogens (tertiary/aromatic N) is 2. The van der Waals surface area contributed by atoms with E-state index in [0.29, 0.717) is 21.6 Å². The summed E-state index contributed by atoms with van der Waals surface area (Å²) in [5, 5.41) is 4.05. The molecule has 0 saturated heterocycles. The molecular weight excluding hydrogens is 285 g/mol. The van der Waals surface area contributed by atoms with Gasteiger partial charge in [0, 0.05) is 29.9 Å². The number of rotatable bonds is 4. The topological polar surface area (TPSA) is 47.0 Å². The van der Waals surface area contributed by atoms with Gasteiger partial charge in [-0.1, -0.05) is 23.2 Å². The van der Waals surface area contributed by atoms with Crippen LogP contribution in [0.4, 0.5) is 5.82 Å². The van der Waals surface area contributed by atoms with Crippen molar-refractivity contribution in [1.29, 1.82) is 0 Å². The van der Waals surface area contributed by atoms with Crippen molar-refractivity contribution in [2.24, 2.45) is 0 Å². The molecule has 2 rings (SSSR count). The van der Waals surface area contributed by atoms with Crippen molar-refractivity contribution in [3.05, 3.63) is 45.8 Å². The van der Waals surface area contributed by atoms with Crippen molar-refractivity contribution >= 4 is 29.0 Å². The van der Waals surface area contributed by atoms with E-state index in [4.69, 9.17) is 27.9 Å². The molecule has 2 aromatic rings. The van der Waals surface area contributed by atoms with Crippen LogP contribution in [0.2, 0.25) is 10.0 Å². The Labute approximate surface area is 121 Å². The molecule has 1 heterocycles. The van der Waals surface area contributed by atoms with Crippen LogP contribution in [0, 0.1) is 6.92 Å². The Kier molecular flexibility index (Phi) is 4.45. The maximum Gasteiger partial charge on any atom is 0.168 e. The lowest BCUT2D eigenvalue weighted by Crippen LogP contribution is -2.05. The van der Waals surface area contributed by atoms with Gasteiger partial charge in [-0.15, -0.1) is 0 Å². The van der Waals surface area contributed by atoms with Gasteiger partial charge in [0.05, 0.1) is 5.02 Å². The molecule has 0 aliphatic heterocycles. The fourth-order valence-corrected chi connectivity index (χ4v) is 1.89. The van der Waals surface area contributed by atoms with E-state index in [1.165, 1.54) is 0 Å². The summed E-state index contributed by atoms with van der Waals surface area (Å²) < 4.78 is 5.59. The minimum Gasteiger partial charge on any atom is -0.484 e. The zero-order chi connectivity index (χ0) is 13.8. The molecule has 1 aromatic heterocycles. The van der Waals surface area contributed by atoms with Gasteiger partial charge in [0.1, 0.15) is 18.2 Å². The summed E-state index contributed by atoms with van der Waals surface area (Å²) in [6.45, 7) is 2.13. The number of ether oxygens (including phenoxy) is 1. The maximum absolute atomic E-state index is 6.02. The summed E-state index contributed by atoms with van der Waals surface area (Å²) >= 11 is 11.9. The number of hydrogen-bond donors (Lipinski definition) is 1. The van der Waals surface area contributed by atoms with E-state index in [0.717, 1.165) is 11.5 Å². The third kappa shape index (κ3) is 3.72. The predicted molar refractivity (Wildman–Crippen MR) is 77.1 cm³/mol. The highest BCUT2D eigenvalue weighted by Crippen LogP contribution is 2.28. The zero-order valence-corrected chi connectivity index (χ0v) is 12.1. The molecule has 0 radical (unpaired) electrons. The van der Waals surface area contributed by atoms with Gasteiger partial charge in [-0.3, -0.25) is 0 Å². The van der Waals surface area contributed by atoms with Crippen LogP contribution in [0.25, 0.3) is 0 Å². The Morgan fingerprint density at radius 3 is 2.74 bits per heavy atom. The number of aromatic nitrogens is 2. The number of anilines is 1. The highest BCUT2D eigenvalue weighted by atomic mass is 35.5. The molecule has 100 valence electrons. The fourth-order valence-electron chi connectivity index (χ4n) is 1.55. The van der Waals surface area contributed by atoms with Gasteiger partial charge in [0.25, 0.3) is 0 Å². The van der Waals surface area contributed by atoms with Crippen molar-refractivity contribution in [3.63, 3.8) is 0 Å². The molecule has 1 aromatic carbocycles. The quantitative estimate of drug-likeness (QED) is 0.934. The van der Waals surface area contributed by atoms with Crippen molar-refractivity contribution < 1.29 is 4.74 Å².